The van der Waals surface area contributed by atoms with Gasteiger partial charge in [0.25, 0.3) is 0 Å². The molecule has 3 N–H and O–H groups in total. The molecule has 86 valence electrons. The number of ether oxygens (including phenoxy) is 1. The van der Waals surface area contributed by atoms with Gasteiger partial charge in [-0.05, 0) is 44.0 Å². The number of aryl methyl sites for hydroxylation is 2. The van der Waals surface area contributed by atoms with Gasteiger partial charge < -0.3 is 15.5 Å². The third-order valence-electron chi connectivity index (χ3n) is 3.07. The van der Waals surface area contributed by atoms with E-state index < -0.39 is 0 Å². The van der Waals surface area contributed by atoms with Crippen molar-refractivity contribution in [2.24, 2.45) is 5.73 Å². The Morgan fingerprint density at radius 1 is 1.31 bits per heavy atom. The Labute approximate surface area is 95.6 Å². The van der Waals surface area contributed by atoms with E-state index in [1.807, 2.05) is 13.0 Å². The van der Waals surface area contributed by atoms with E-state index in [4.69, 9.17) is 10.5 Å². The number of aromatic amines is 1. The van der Waals surface area contributed by atoms with E-state index in [1.54, 1.807) is 7.11 Å². The summed E-state index contributed by atoms with van der Waals surface area (Å²) >= 11 is 0. The molecule has 0 radical (unpaired) electrons. The second kappa shape index (κ2) is 3.83. The Kier molecular flexibility index (Phi) is 2.64. The number of fused-ring (bicyclic) bond motifs is 1. The lowest BCUT2D eigenvalue weighted by Crippen LogP contribution is -2.06. The van der Waals surface area contributed by atoms with Gasteiger partial charge in [0.1, 0.15) is 5.75 Å². The van der Waals surface area contributed by atoms with Gasteiger partial charge >= 0.3 is 0 Å². The molecule has 0 spiro atoms. The highest BCUT2D eigenvalue weighted by molar-refractivity contribution is 5.88. The molecule has 0 aliphatic carbocycles. The van der Waals surface area contributed by atoms with Crippen LogP contribution in [0.2, 0.25) is 0 Å². The molecule has 0 saturated heterocycles. The van der Waals surface area contributed by atoms with Crippen molar-refractivity contribution in [3.63, 3.8) is 0 Å². The average molecular weight is 218 g/mol. The lowest BCUT2D eigenvalue weighted by molar-refractivity contribution is 0.415. The van der Waals surface area contributed by atoms with Gasteiger partial charge in [-0.25, -0.2) is 0 Å². The molecule has 16 heavy (non-hydrogen) atoms. The fraction of sp³-hybridized carbons (Fsp3) is 0.385. The topological polar surface area (TPSA) is 51.0 Å². The third kappa shape index (κ3) is 1.57. The summed E-state index contributed by atoms with van der Waals surface area (Å²) in [7, 11) is 1.69. The van der Waals surface area contributed by atoms with Crippen molar-refractivity contribution >= 4 is 10.9 Å². The number of aromatic nitrogens is 1. The number of H-pyrrole nitrogens is 1. The zero-order valence-corrected chi connectivity index (χ0v) is 10.2. The number of nitrogens with one attached hydrogen (secondary N) is 1. The molecular formula is C13H18N2O. The maximum atomic E-state index is 5.94. The Morgan fingerprint density at radius 3 is 2.56 bits per heavy atom. The van der Waals surface area contributed by atoms with Crippen LogP contribution in [0.4, 0.5) is 0 Å². The zero-order chi connectivity index (χ0) is 11.9. The fourth-order valence-electron chi connectivity index (χ4n) is 2.16. The number of rotatable bonds is 2. The van der Waals surface area contributed by atoms with Crippen molar-refractivity contribution < 1.29 is 4.74 Å². The first-order chi connectivity index (χ1) is 7.54. The lowest BCUT2D eigenvalue weighted by Gasteiger charge is -2.03. The van der Waals surface area contributed by atoms with Gasteiger partial charge in [0.05, 0.1) is 7.11 Å². The van der Waals surface area contributed by atoms with Crippen molar-refractivity contribution in [3.8, 4) is 5.75 Å². The molecule has 2 rings (SSSR count). The minimum absolute atomic E-state index is 0.0257. The second-order valence-electron chi connectivity index (χ2n) is 4.32. The number of nitrogens with two attached hydrogens (primary N) is 1. The molecule has 1 atom stereocenters. The molecule has 1 heterocycles. The van der Waals surface area contributed by atoms with E-state index >= 15 is 0 Å². The Bertz CT molecular complexity index is 526. The smallest absolute Gasteiger partial charge is 0.119 e. The first kappa shape index (κ1) is 11.0. The van der Waals surface area contributed by atoms with Crippen LogP contribution in [-0.4, -0.2) is 12.1 Å². The lowest BCUT2D eigenvalue weighted by atomic mass is 10.1. The van der Waals surface area contributed by atoms with Gasteiger partial charge in [0.2, 0.25) is 0 Å². The zero-order valence-electron chi connectivity index (χ0n) is 10.2. The monoisotopic (exact) mass is 218 g/mol. The van der Waals surface area contributed by atoms with E-state index in [0.717, 1.165) is 17.0 Å². The average Bonchev–Trinajstić information content (AvgIpc) is 2.57. The summed E-state index contributed by atoms with van der Waals surface area (Å²) in [6.07, 6.45) is 0. The molecule has 1 unspecified atom stereocenters. The highest BCUT2D eigenvalue weighted by Gasteiger charge is 2.13. The van der Waals surface area contributed by atoms with Crippen molar-refractivity contribution in [3.05, 3.63) is 29.0 Å². The molecule has 1 aromatic carbocycles. The minimum atomic E-state index is 0.0257. The molecule has 3 heteroatoms. The van der Waals surface area contributed by atoms with E-state index in [9.17, 15) is 0 Å². The van der Waals surface area contributed by atoms with Crippen LogP contribution in [0.15, 0.2) is 12.1 Å². The minimum Gasteiger partial charge on any atom is -0.497 e. The highest BCUT2D eigenvalue weighted by Crippen LogP contribution is 2.30. The third-order valence-corrected chi connectivity index (χ3v) is 3.07. The van der Waals surface area contributed by atoms with E-state index in [0.29, 0.717) is 0 Å². The van der Waals surface area contributed by atoms with Crippen LogP contribution < -0.4 is 10.5 Å². The normalized spacial score (nSPS) is 13.1. The molecule has 0 aliphatic rings. The first-order valence-corrected chi connectivity index (χ1v) is 5.47. The van der Waals surface area contributed by atoms with Gasteiger partial charge in [0, 0.05) is 22.6 Å². The fourth-order valence-corrected chi connectivity index (χ4v) is 2.16. The number of hydrogen-bond donors (Lipinski definition) is 2. The predicted molar refractivity (Wildman–Crippen MR) is 66.9 cm³/mol. The number of benzene rings is 1. The van der Waals surface area contributed by atoms with Crippen LogP contribution in [0.1, 0.15) is 29.8 Å². The molecule has 0 fully saturated rings. The Hall–Kier alpha value is -1.48. The summed E-state index contributed by atoms with van der Waals surface area (Å²) in [6.45, 7) is 6.16. The summed E-state index contributed by atoms with van der Waals surface area (Å²) in [4.78, 5) is 3.40. The SMILES string of the molecule is COc1cc(C)c2[nH]c(C(C)N)c(C)c2c1. The number of methoxy groups -OCH3 is 1. The molecule has 1 aromatic heterocycles. The van der Waals surface area contributed by atoms with Crippen molar-refractivity contribution in [2.75, 3.05) is 7.11 Å². The van der Waals surface area contributed by atoms with Crippen molar-refractivity contribution in [2.45, 2.75) is 26.8 Å². The van der Waals surface area contributed by atoms with Gasteiger partial charge in [-0.1, -0.05) is 0 Å². The highest BCUT2D eigenvalue weighted by atomic mass is 16.5. The molecule has 0 aliphatic heterocycles. The molecule has 0 amide bonds. The molecule has 0 saturated carbocycles. The maximum absolute atomic E-state index is 5.94. The quantitative estimate of drug-likeness (QED) is 0.814. The van der Waals surface area contributed by atoms with Gasteiger partial charge in [-0.3, -0.25) is 0 Å². The summed E-state index contributed by atoms with van der Waals surface area (Å²) in [5.41, 5.74) is 10.6. The van der Waals surface area contributed by atoms with Gasteiger partial charge in [0.15, 0.2) is 0 Å². The van der Waals surface area contributed by atoms with Crippen LogP contribution in [0, 0.1) is 13.8 Å². The summed E-state index contributed by atoms with van der Waals surface area (Å²) in [6, 6.07) is 4.11. The van der Waals surface area contributed by atoms with Crippen LogP contribution >= 0.6 is 0 Å². The summed E-state index contributed by atoms with van der Waals surface area (Å²) in [5, 5.41) is 1.20. The molecule has 0 bridgehead atoms. The molecular weight excluding hydrogens is 200 g/mol. The van der Waals surface area contributed by atoms with Crippen LogP contribution in [0.3, 0.4) is 0 Å². The van der Waals surface area contributed by atoms with E-state index in [-0.39, 0.29) is 6.04 Å². The van der Waals surface area contributed by atoms with Crippen molar-refractivity contribution in [1.82, 2.24) is 4.98 Å². The summed E-state index contributed by atoms with van der Waals surface area (Å²) in [5.74, 6) is 0.892. The van der Waals surface area contributed by atoms with Gasteiger partial charge in [-0.15, -0.1) is 0 Å². The van der Waals surface area contributed by atoms with Crippen LogP contribution in [0.25, 0.3) is 10.9 Å². The van der Waals surface area contributed by atoms with Crippen LogP contribution in [0.5, 0.6) is 5.75 Å². The summed E-state index contributed by atoms with van der Waals surface area (Å²) < 4.78 is 5.28. The Balaban J connectivity index is 2.76. The predicted octanol–water partition coefficient (Wildman–Crippen LogP) is 2.81. The Morgan fingerprint density at radius 2 is 2.00 bits per heavy atom. The second-order valence-corrected chi connectivity index (χ2v) is 4.32. The van der Waals surface area contributed by atoms with Crippen molar-refractivity contribution in [1.29, 1.82) is 0 Å². The number of hydrogen-bond acceptors (Lipinski definition) is 2. The van der Waals surface area contributed by atoms with Gasteiger partial charge in [-0.2, -0.15) is 0 Å². The van der Waals surface area contributed by atoms with Crippen LogP contribution in [-0.2, 0) is 0 Å². The largest absolute Gasteiger partial charge is 0.497 e. The van der Waals surface area contributed by atoms with E-state index in [1.165, 1.54) is 16.5 Å². The first-order valence-electron chi connectivity index (χ1n) is 5.47. The molecule has 3 nitrogen and oxygen atoms in total. The van der Waals surface area contributed by atoms with E-state index in [2.05, 4.69) is 24.9 Å². The molecule has 2 aromatic rings. The maximum Gasteiger partial charge on any atom is 0.119 e. The standard InChI is InChI=1S/C13H18N2O/c1-7-5-10(16-4)6-11-8(2)13(9(3)14)15-12(7)11/h5-6,9,15H,14H2,1-4H3.